The van der Waals surface area contributed by atoms with Gasteiger partial charge in [-0.15, -0.1) is 22.7 Å². The van der Waals surface area contributed by atoms with Gasteiger partial charge in [-0.2, -0.15) is 0 Å². The quantitative estimate of drug-likeness (QED) is 0.178. The normalized spacial score (nSPS) is 11.8. The van der Waals surface area contributed by atoms with Gasteiger partial charge >= 0.3 is 0 Å². The summed E-state index contributed by atoms with van der Waals surface area (Å²) in [6, 6.07) is 63.6. The smallest absolute Gasteiger partial charge is 0.144 e. The maximum Gasteiger partial charge on any atom is 0.144 e. The minimum Gasteiger partial charge on any atom is -0.455 e. The van der Waals surface area contributed by atoms with Gasteiger partial charge in [0.1, 0.15) is 11.2 Å². The molecule has 0 saturated carbocycles. The van der Waals surface area contributed by atoms with Gasteiger partial charge in [-0.3, -0.25) is 0 Å². The standard InChI is InChI=1S/C48H29NOS2/c1-2-10-30(11-3-1)31-18-22-33(23-19-31)49(35-26-27-38-36-12-5-8-16-43(36)51-45(38)28-35)34-24-20-32(21-25-34)40-29-41-37-13-6-9-17-44(37)52-48(41)46-39-14-4-7-15-42(39)50-47(40)46/h1-29H. The van der Waals surface area contributed by atoms with E-state index in [4.69, 9.17) is 4.42 Å². The molecule has 0 amide bonds. The molecule has 0 saturated heterocycles. The van der Waals surface area contributed by atoms with Crippen LogP contribution in [0.4, 0.5) is 17.1 Å². The summed E-state index contributed by atoms with van der Waals surface area (Å²) in [5.41, 5.74) is 9.85. The van der Waals surface area contributed by atoms with E-state index in [9.17, 15) is 0 Å². The molecule has 3 heterocycles. The van der Waals surface area contributed by atoms with E-state index in [0.717, 1.165) is 44.7 Å². The molecule has 3 aromatic heterocycles. The number of nitrogens with zero attached hydrogens (tertiary/aromatic N) is 1. The molecular formula is C48H29NOS2. The van der Waals surface area contributed by atoms with E-state index >= 15 is 0 Å². The van der Waals surface area contributed by atoms with Crippen LogP contribution in [0.3, 0.4) is 0 Å². The van der Waals surface area contributed by atoms with Gasteiger partial charge in [0.2, 0.25) is 0 Å². The number of furan rings is 1. The first-order valence-corrected chi connectivity index (χ1v) is 19.1. The van der Waals surface area contributed by atoms with Crippen molar-refractivity contribution in [1.29, 1.82) is 0 Å². The van der Waals surface area contributed by atoms with Gasteiger partial charge in [0.15, 0.2) is 0 Å². The molecule has 0 aliphatic heterocycles. The number of hydrogen-bond donors (Lipinski definition) is 0. The van der Waals surface area contributed by atoms with Crippen LogP contribution in [0.1, 0.15) is 0 Å². The maximum atomic E-state index is 6.67. The lowest BCUT2D eigenvalue weighted by Gasteiger charge is -2.26. The van der Waals surface area contributed by atoms with E-state index in [1.165, 1.54) is 56.9 Å². The van der Waals surface area contributed by atoms with Crippen molar-refractivity contribution in [2.75, 3.05) is 4.90 Å². The minimum atomic E-state index is 0.919. The highest BCUT2D eigenvalue weighted by molar-refractivity contribution is 7.27. The molecule has 11 aromatic rings. The zero-order valence-corrected chi connectivity index (χ0v) is 29.5. The third-order valence-corrected chi connectivity index (χ3v) is 12.6. The second kappa shape index (κ2) is 11.7. The molecule has 0 fully saturated rings. The monoisotopic (exact) mass is 699 g/mol. The van der Waals surface area contributed by atoms with E-state index in [1.807, 2.05) is 22.7 Å². The molecule has 0 aliphatic carbocycles. The molecule has 0 unspecified atom stereocenters. The van der Waals surface area contributed by atoms with E-state index in [0.29, 0.717) is 0 Å². The van der Waals surface area contributed by atoms with E-state index < -0.39 is 0 Å². The molecular weight excluding hydrogens is 671 g/mol. The first-order chi connectivity index (χ1) is 25.8. The van der Waals surface area contributed by atoms with Gasteiger partial charge in [-0.1, -0.05) is 115 Å². The highest BCUT2D eigenvalue weighted by Gasteiger charge is 2.20. The van der Waals surface area contributed by atoms with Crippen LogP contribution >= 0.6 is 22.7 Å². The lowest BCUT2D eigenvalue weighted by molar-refractivity contribution is 0.670. The largest absolute Gasteiger partial charge is 0.455 e. The number of benzene rings is 8. The van der Waals surface area contributed by atoms with Crippen molar-refractivity contribution in [2.24, 2.45) is 0 Å². The van der Waals surface area contributed by atoms with Crippen LogP contribution in [0.15, 0.2) is 180 Å². The van der Waals surface area contributed by atoms with Crippen LogP contribution in [-0.4, -0.2) is 0 Å². The van der Waals surface area contributed by atoms with Crippen LogP contribution in [0.5, 0.6) is 0 Å². The lowest BCUT2D eigenvalue weighted by atomic mass is 9.98. The minimum absolute atomic E-state index is 0.919. The van der Waals surface area contributed by atoms with Gasteiger partial charge in [-0.05, 0) is 77.4 Å². The van der Waals surface area contributed by atoms with Crippen LogP contribution < -0.4 is 4.90 Å². The highest BCUT2D eigenvalue weighted by atomic mass is 32.1. The molecule has 0 bridgehead atoms. The molecule has 11 rings (SSSR count). The summed E-state index contributed by atoms with van der Waals surface area (Å²) in [5, 5.41) is 7.53. The Balaban J connectivity index is 1.08. The lowest BCUT2D eigenvalue weighted by Crippen LogP contribution is -2.09. The first-order valence-electron chi connectivity index (χ1n) is 17.5. The highest BCUT2D eigenvalue weighted by Crippen LogP contribution is 2.47. The van der Waals surface area contributed by atoms with Crippen molar-refractivity contribution in [3.63, 3.8) is 0 Å². The fraction of sp³-hybridized carbons (Fsp3) is 0. The number of rotatable bonds is 5. The van der Waals surface area contributed by atoms with Crippen LogP contribution in [-0.2, 0) is 0 Å². The Hall–Kier alpha value is -6.20. The fourth-order valence-corrected chi connectivity index (χ4v) is 10.2. The number of thiophene rings is 2. The Morgan fingerprint density at radius 2 is 0.942 bits per heavy atom. The predicted molar refractivity (Wildman–Crippen MR) is 225 cm³/mol. The van der Waals surface area contributed by atoms with Gasteiger partial charge in [0.25, 0.3) is 0 Å². The molecule has 52 heavy (non-hydrogen) atoms. The number of para-hydroxylation sites is 1. The van der Waals surface area contributed by atoms with Crippen LogP contribution in [0.25, 0.3) is 84.5 Å². The second-order valence-electron chi connectivity index (χ2n) is 13.3. The third kappa shape index (κ3) is 4.62. The molecule has 2 nitrogen and oxygen atoms in total. The zero-order valence-electron chi connectivity index (χ0n) is 27.9. The summed E-state index contributed by atoms with van der Waals surface area (Å²) >= 11 is 3.70. The summed E-state index contributed by atoms with van der Waals surface area (Å²) in [5.74, 6) is 0. The van der Waals surface area contributed by atoms with Crippen molar-refractivity contribution >= 4 is 102 Å². The summed E-state index contributed by atoms with van der Waals surface area (Å²) in [6.45, 7) is 0. The fourth-order valence-electron chi connectivity index (χ4n) is 7.80. The molecule has 0 radical (unpaired) electrons. The van der Waals surface area contributed by atoms with E-state index in [2.05, 4.69) is 181 Å². The average Bonchev–Trinajstić information content (AvgIpc) is 3.90. The summed E-state index contributed by atoms with van der Waals surface area (Å²) in [4.78, 5) is 2.37. The van der Waals surface area contributed by atoms with E-state index in [-0.39, 0.29) is 0 Å². The van der Waals surface area contributed by atoms with Crippen molar-refractivity contribution in [3.05, 3.63) is 176 Å². The Morgan fingerprint density at radius 3 is 1.69 bits per heavy atom. The molecule has 0 N–H and O–H groups in total. The Kier molecular flexibility index (Phi) is 6.63. The summed E-state index contributed by atoms with van der Waals surface area (Å²) in [7, 11) is 0. The Labute approximate surface area is 308 Å². The number of fused-ring (bicyclic) bond motifs is 10. The van der Waals surface area contributed by atoms with Gasteiger partial charge in [0, 0.05) is 73.7 Å². The van der Waals surface area contributed by atoms with Crippen LogP contribution in [0, 0.1) is 0 Å². The Bertz CT molecular complexity index is 3110. The van der Waals surface area contributed by atoms with Crippen molar-refractivity contribution in [2.45, 2.75) is 0 Å². The van der Waals surface area contributed by atoms with Crippen LogP contribution in [0.2, 0.25) is 0 Å². The van der Waals surface area contributed by atoms with Crippen molar-refractivity contribution in [1.82, 2.24) is 0 Å². The number of anilines is 3. The summed E-state index contributed by atoms with van der Waals surface area (Å²) in [6.07, 6.45) is 0. The van der Waals surface area contributed by atoms with Gasteiger partial charge in [0.05, 0.1) is 0 Å². The zero-order chi connectivity index (χ0) is 34.2. The molecule has 0 spiro atoms. The molecule has 244 valence electrons. The molecule has 8 aromatic carbocycles. The molecule has 0 aliphatic rings. The Morgan fingerprint density at radius 1 is 0.385 bits per heavy atom. The SMILES string of the molecule is c1ccc(-c2ccc(N(c3ccc(-c4cc5c6ccccc6sc5c5c4oc4ccccc45)cc3)c3ccc4c(c3)sc3ccccc34)cc2)cc1. The van der Waals surface area contributed by atoms with Gasteiger partial charge in [-0.25, -0.2) is 0 Å². The molecule has 0 atom stereocenters. The second-order valence-corrected chi connectivity index (χ2v) is 15.4. The third-order valence-electron chi connectivity index (χ3n) is 10.3. The van der Waals surface area contributed by atoms with Crippen molar-refractivity contribution in [3.8, 4) is 22.3 Å². The molecule has 4 heteroatoms. The van der Waals surface area contributed by atoms with Crippen molar-refractivity contribution < 1.29 is 4.42 Å². The summed E-state index contributed by atoms with van der Waals surface area (Å²) < 4.78 is 11.8. The van der Waals surface area contributed by atoms with E-state index in [1.54, 1.807) is 0 Å². The topological polar surface area (TPSA) is 16.4 Å². The maximum absolute atomic E-state index is 6.67. The number of hydrogen-bond acceptors (Lipinski definition) is 4. The predicted octanol–water partition coefficient (Wildman–Crippen LogP) is 15.1. The first kappa shape index (κ1) is 29.5. The average molecular weight is 700 g/mol. The van der Waals surface area contributed by atoms with Gasteiger partial charge < -0.3 is 9.32 Å².